The van der Waals surface area contributed by atoms with Crippen LogP contribution in [-0.4, -0.2) is 76.6 Å². The van der Waals surface area contributed by atoms with Gasteiger partial charge in [-0.1, -0.05) is 0 Å². The molecule has 1 aliphatic heterocycles. The van der Waals surface area contributed by atoms with E-state index in [0.717, 1.165) is 18.2 Å². The van der Waals surface area contributed by atoms with Crippen LogP contribution in [0.4, 0.5) is 35.2 Å². The second-order valence-electron chi connectivity index (χ2n) is 8.82. The molecule has 0 bridgehead atoms. The molecule has 0 saturated carbocycles. The van der Waals surface area contributed by atoms with Gasteiger partial charge in [0.15, 0.2) is 5.75 Å². The minimum absolute atomic E-state index is 0.0383. The Balaban J connectivity index is 1.47. The van der Waals surface area contributed by atoms with E-state index in [2.05, 4.69) is 30.7 Å². The molecule has 3 heterocycles. The standard InChI is InChI=1S/C26H25F3N6O6/c1-15(35-8-10-40-11-9-35)23(36)33-20-12-16(2-6-21(20)41-26(27,28)29)24(37)32-18-4-5-19(30-14-18)17-3-7-22(31-13-17)34-25(38)39/h2-7,12-15H,8-11H2,1H3,(H,31,34)(H,32,37)(H,33,36)(H,38,39). The first kappa shape index (κ1) is 29.2. The molecule has 41 heavy (non-hydrogen) atoms. The summed E-state index contributed by atoms with van der Waals surface area (Å²) in [6, 6.07) is 8.74. The first-order valence-corrected chi connectivity index (χ1v) is 12.2. The largest absolute Gasteiger partial charge is 0.573 e. The Morgan fingerprint density at radius 2 is 1.76 bits per heavy atom. The summed E-state index contributed by atoms with van der Waals surface area (Å²) in [5.74, 6) is -1.76. The van der Waals surface area contributed by atoms with Crippen molar-refractivity contribution in [2.45, 2.75) is 19.3 Å². The van der Waals surface area contributed by atoms with Crippen molar-refractivity contribution in [1.29, 1.82) is 0 Å². The van der Waals surface area contributed by atoms with Crippen molar-refractivity contribution >= 4 is 35.1 Å². The van der Waals surface area contributed by atoms with Gasteiger partial charge in [0, 0.05) is 30.4 Å². The normalized spacial score (nSPS) is 14.5. The number of hydrogen-bond donors (Lipinski definition) is 4. The molecule has 4 rings (SSSR count). The number of nitrogens with one attached hydrogen (secondary N) is 3. The number of pyridine rings is 2. The topological polar surface area (TPSA) is 155 Å². The van der Waals surface area contributed by atoms with Crippen LogP contribution >= 0.6 is 0 Å². The molecule has 0 radical (unpaired) electrons. The molecule has 1 saturated heterocycles. The molecule has 216 valence electrons. The Bertz CT molecular complexity index is 1400. The highest BCUT2D eigenvalue weighted by Gasteiger charge is 2.33. The fraction of sp³-hybridized carbons (Fsp3) is 0.269. The highest BCUT2D eigenvalue weighted by Crippen LogP contribution is 2.32. The maximum atomic E-state index is 13.0. The van der Waals surface area contributed by atoms with Crippen LogP contribution in [0.25, 0.3) is 11.3 Å². The van der Waals surface area contributed by atoms with E-state index in [1.54, 1.807) is 25.1 Å². The van der Waals surface area contributed by atoms with Gasteiger partial charge < -0.3 is 25.2 Å². The molecule has 0 aliphatic carbocycles. The number of carboxylic acid groups (broad SMARTS) is 1. The van der Waals surface area contributed by atoms with Gasteiger partial charge in [-0.15, -0.1) is 13.2 Å². The van der Waals surface area contributed by atoms with Gasteiger partial charge in [0.05, 0.1) is 42.5 Å². The molecule has 0 spiro atoms. The summed E-state index contributed by atoms with van der Waals surface area (Å²) in [5, 5.41) is 15.9. The average Bonchev–Trinajstić information content (AvgIpc) is 2.94. The number of hydrogen-bond acceptors (Lipinski definition) is 8. The van der Waals surface area contributed by atoms with E-state index in [-0.39, 0.29) is 22.8 Å². The lowest BCUT2D eigenvalue weighted by Gasteiger charge is -2.31. The molecule has 15 heteroatoms. The van der Waals surface area contributed by atoms with E-state index in [1.165, 1.54) is 18.5 Å². The van der Waals surface area contributed by atoms with Crippen LogP contribution in [0.5, 0.6) is 5.75 Å². The SMILES string of the molecule is CC(C(=O)Nc1cc(C(=O)Nc2ccc(-c3ccc(NC(=O)O)nc3)nc2)ccc1OC(F)(F)F)N1CCOCC1. The molecule has 1 atom stereocenters. The van der Waals surface area contributed by atoms with Gasteiger partial charge in [-0.25, -0.2) is 9.78 Å². The number of amides is 3. The predicted octanol–water partition coefficient (Wildman–Crippen LogP) is 4.04. The van der Waals surface area contributed by atoms with Gasteiger partial charge in [0.1, 0.15) is 5.82 Å². The maximum Gasteiger partial charge on any atom is 0.573 e. The van der Waals surface area contributed by atoms with Crippen molar-refractivity contribution < 1.29 is 42.1 Å². The van der Waals surface area contributed by atoms with Crippen LogP contribution in [-0.2, 0) is 9.53 Å². The van der Waals surface area contributed by atoms with Crippen LogP contribution < -0.4 is 20.7 Å². The molecule has 2 aromatic heterocycles. The molecule has 1 aliphatic rings. The number of aromatic nitrogens is 2. The number of alkyl halides is 3. The molecule has 12 nitrogen and oxygen atoms in total. The third kappa shape index (κ3) is 8.12. The molecule has 3 aromatic rings. The Labute approximate surface area is 231 Å². The van der Waals surface area contributed by atoms with Crippen LogP contribution in [0.15, 0.2) is 54.9 Å². The fourth-order valence-corrected chi connectivity index (χ4v) is 3.92. The van der Waals surface area contributed by atoms with Crippen LogP contribution in [0, 0.1) is 0 Å². The zero-order valence-corrected chi connectivity index (χ0v) is 21.6. The highest BCUT2D eigenvalue weighted by atomic mass is 19.4. The number of carbonyl (C=O) groups excluding carboxylic acids is 2. The number of ether oxygens (including phenoxy) is 2. The summed E-state index contributed by atoms with van der Waals surface area (Å²) < 4.78 is 48.4. The number of nitrogens with zero attached hydrogens (tertiary/aromatic N) is 3. The van der Waals surface area contributed by atoms with Gasteiger partial charge in [-0.3, -0.25) is 24.8 Å². The first-order chi connectivity index (χ1) is 19.5. The van der Waals surface area contributed by atoms with Crippen molar-refractivity contribution in [3.63, 3.8) is 0 Å². The lowest BCUT2D eigenvalue weighted by Crippen LogP contribution is -2.47. The Hall–Kier alpha value is -4.76. The summed E-state index contributed by atoms with van der Waals surface area (Å²) in [6.45, 7) is 3.45. The summed E-state index contributed by atoms with van der Waals surface area (Å²) in [4.78, 5) is 46.5. The van der Waals surface area contributed by atoms with Crippen molar-refractivity contribution in [2.75, 3.05) is 42.3 Å². The minimum atomic E-state index is -5.02. The van der Waals surface area contributed by atoms with E-state index in [4.69, 9.17) is 9.84 Å². The van der Waals surface area contributed by atoms with Crippen molar-refractivity contribution in [2.24, 2.45) is 0 Å². The molecule has 1 fully saturated rings. The van der Waals surface area contributed by atoms with Gasteiger partial charge in [0.2, 0.25) is 5.91 Å². The molecule has 1 aromatic carbocycles. The van der Waals surface area contributed by atoms with Crippen molar-refractivity contribution in [1.82, 2.24) is 14.9 Å². The molecule has 3 amide bonds. The number of rotatable bonds is 8. The molecular formula is C26H25F3N6O6. The van der Waals surface area contributed by atoms with E-state index in [1.807, 2.05) is 4.90 Å². The van der Waals surface area contributed by atoms with E-state index >= 15 is 0 Å². The number of benzene rings is 1. The zero-order valence-electron chi connectivity index (χ0n) is 21.6. The van der Waals surface area contributed by atoms with Crippen molar-refractivity contribution in [3.8, 4) is 17.0 Å². The van der Waals surface area contributed by atoms with Crippen LogP contribution in [0.1, 0.15) is 17.3 Å². The zero-order chi connectivity index (χ0) is 29.6. The minimum Gasteiger partial charge on any atom is -0.465 e. The number of halogens is 3. The van der Waals surface area contributed by atoms with Crippen LogP contribution in [0.3, 0.4) is 0 Å². The summed E-state index contributed by atoms with van der Waals surface area (Å²) in [6.07, 6.45) is -3.48. The summed E-state index contributed by atoms with van der Waals surface area (Å²) in [7, 11) is 0. The van der Waals surface area contributed by atoms with Crippen molar-refractivity contribution in [3.05, 3.63) is 60.4 Å². The van der Waals surface area contributed by atoms with E-state index < -0.39 is 36.1 Å². The maximum absolute atomic E-state index is 13.0. The second kappa shape index (κ2) is 12.6. The fourth-order valence-electron chi connectivity index (χ4n) is 3.92. The van der Waals surface area contributed by atoms with E-state index in [9.17, 15) is 27.6 Å². The number of anilines is 3. The summed E-state index contributed by atoms with van der Waals surface area (Å²) >= 11 is 0. The monoisotopic (exact) mass is 574 g/mol. The predicted molar refractivity (Wildman–Crippen MR) is 141 cm³/mol. The Morgan fingerprint density at radius 1 is 1.00 bits per heavy atom. The van der Waals surface area contributed by atoms with Gasteiger partial charge >= 0.3 is 12.5 Å². The molecule has 4 N–H and O–H groups in total. The summed E-state index contributed by atoms with van der Waals surface area (Å²) in [5.41, 5.74) is 1.01. The quantitative estimate of drug-likeness (QED) is 0.312. The molecular weight excluding hydrogens is 549 g/mol. The number of morpholine rings is 1. The second-order valence-corrected chi connectivity index (χ2v) is 8.82. The van der Waals surface area contributed by atoms with E-state index in [0.29, 0.717) is 37.6 Å². The smallest absolute Gasteiger partial charge is 0.465 e. The average molecular weight is 575 g/mol. The lowest BCUT2D eigenvalue weighted by molar-refractivity contribution is -0.274. The lowest BCUT2D eigenvalue weighted by atomic mass is 10.1. The van der Waals surface area contributed by atoms with Gasteiger partial charge in [-0.2, -0.15) is 0 Å². The van der Waals surface area contributed by atoms with Gasteiger partial charge in [0.25, 0.3) is 5.91 Å². The Kier molecular flexibility index (Phi) is 8.99. The third-order valence-electron chi connectivity index (χ3n) is 6.01. The van der Waals surface area contributed by atoms with Gasteiger partial charge in [-0.05, 0) is 49.4 Å². The van der Waals surface area contributed by atoms with Crippen LogP contribution in [0.2, 0.25) is 0 Å². The number of carbonyl (C=O) groups is 3. The third-order valence-corrected chi connectivity index (χ3v) is 6.01. The first-order valence-electron chi connectivity index (χ1n) is 12.2. The Morgan fingerprint density at radius 3 is 2.37 bits per heavy atom. The molecule has 1 unspecified atom stereocenters. The highest BCUT2D eigenvalue weighted by molar-refractivity contribution is 6.06.